The highest BCUT2D eigenvalue weighted by molar-refractivity contribution is 5.97. The number of carbonyl (C=O) groups is 2. The predicted molar refractivity (Wildman–Crippen MR) is 95.2 cm³/mol. The summed E-state index contributed by atoms with van der Waals surface area (Å²) in [4.78, 5) is 27.3. The maximum Gasteiger partial charge on any atom is 0.252 e. The van der Waals surface area contributed by atoms with Crippen LogP contribution in [0.15, 0.2) is 54.6 Å². The molecule has 0 bridgehead atoms. The maximum absolute atomic E-state index is 13.0. The van der Waals surface area contributed by atoms with Crippen molar-refractivity contribution in [2.24, 2.45) is 0 Å². The van der Waals surface area contributed by atoms with E-state index in [1.807, 2.05) is 49.4 Å². The topological polar surface area (TPSA) is 58.6 Å². The first kappa shape index (κ1) is 17.2. The Labute approximate surface area is 147 Å². The minimum Gasteiger partial charge on any atom is -0.378 e. The van der Waals surface area contributed by atoms with E-state index in [-0.39, 0.29) is 11.8 Å². The molecule has 2 amide bonds. The summed E-state index contributed by atoms with van der Waals surface area (Å²) in [7, 11) is 0. The van der Waals surface area contributed by atoms with Gasteiger partial charge in [0.2, 0.25) is 5.91 Å². The van der Waals surface area contributed by atoms with Crippen LogP contribution in [0.3, 0.4) is 0 Å². The molecule has 0 saturated carbocycles. The number of morpholine rings is 1. The summed E-state index contributed by atoms with van der Waals surface area (Å²) >= 11 is 0. The average Bonchev–Trinajstić information content (AvgIpc) is 2.67. The molecule has 2 aromatic carbocycles. The molecule has 25 heavy (non-hydrogen) atoms. The van der Waals surface area contributed by atoms with Crippen LogP contribution in [0.2, 0.25) is 0 Å². The van der Waals surface area contributed by atoms with E-state index in [4.69, 9.17) is 4.74 Å². The number of benzene rings is 2. The lowest BCUT2D eigenvalue weighted by molar-refractivity contribution is -0.137. The van der Waals surface area contributed by atoms with Gasteiger partial charge in [0.05, 0.1) is 13.2 Å². The zero-order chi connectivity index (χ0) is 17.6. The van der Waals surface area contributed by atoms with Gasteiger partial charge in [-0.3, -0.25) is 9.59 Å². The molecule has 5 heteroatoms. The van der Waals surface area contributed by atoms with Crippen LogP contribution in [0.25, 0.3) is 0 Å². The lowest BCUT2D eigenvalue weighted by atomic mass is 10.0. The van der Waals surface area contributed by atoms with Crippen molar-refractivity contribution < 1.29 is 14.3 Å². The molecule has 1 atom stereocenters. The molecule has 1 saturated heterocycles. The van der Waals surface area contributed by atoms with Crippen molar-refractivity contribution >= 4 is 11.8 Å². The minimum atomic E-state index is -0.701. The van der Waals surface area contributed by atoms with Gasteiger partial charge in [0.15, 0.2) is 0 Å². The standard InChI is InChI=1S/C20H22N2O3/c1-15-7-9-17(10-8-15)19(23)21-18(16-5-3-2-4-6-16)20(24)22-11-13-25-14-12-22/h2-10,18H,11-14H2,1H3,(H,21,23). The fraction of sp³-hybridized carbons (Fsp3) is 0.300. The Morgan fingerprint density at radius 2 is 1.64 bits per heavy atom. The Kier molecular flexibility index (Phi) is 5.46. The molecular weight excluding hydrogens is 316 g/mol. The van der Waals surface area contributed by atoms with Crippen molar-refractivity contribution in [1.82, 2.24) is 10.2 Å². The Balaban J connectivity index is 1.82. The number of amides is 2. The van der Waals surface area contributed by atoms with Crippen molar-refractivity contribution in [3.05, 3.63) is 71.3 Å². The molecule has 1 N–H and O–H groups in total. The highest BCUT2D eigenvalue weighted by Gasteiger charge is 2.28. The smallest absolute Gasteiger partial charge is 0.252 e. The highest BCUT2D eigenvalue weighted by Crippen LogP contribution is 2.18. The quantitative estimate of drug-likeness (QED) is 0.931. The molecule has 0 radical (unpaired) electrons. The van der Waals surface area contributed by atoms with Gasteiger partial charge in [0.1, 0.15) is 6.04 Å². The Bertz CT molecular complexity index is 722. The van der Waals surface area contributed by atoms with Gasteiger partial charge in [-0.25, -0.2) is 0 Å². The van der Waals surface area contributed by atoms with Gasteiger partial charge < -0.3 is 15.0 Å². The molecule has 1 fully saturated rings. The van der Waals surface area contributed by atoms with E-state index < -0.39 is 6.04 Å². The van der Waals surface area contributed by atoms with Gasteiger partial charge in [-0.2, -0.15) is 0 Å². The second-order valence-corrected chi connectivity index (χ2v) is 6.12. The van der Waals surface area contributed by atoms with E-state index in [2.05, 4.69) is 5.32 Å². The van der Waals surface area contributed by atoms with Gasteiger partial charge >= 0.3 is 0 Å². The zero-order valence-corrected chi connectivity index (χ0v) is 14.3. The number of ether oxygens (including phenoxy) is 1. The van der Waals surface area contributed by atoms with Crippen LogP contribution in [0.5, 0.6) is 0 Å². The number of carbonyl (C=O) groups excluding carboxylic acids is 2. The molecule has 0 aliphatic carbocycles. The fourth-order valence-electron chi connectivity index (χ4n) is 2.82. The third-order valence-electron chi connectivity index (χ3n) is 4.29. The molecular formula is C20H22N2O3. The summed E-state index contributed by atoms with van der Waals surface area (Å²) in [6, 6.07) is 16.0. The van der Waals surface area contributed by atoms with Gasteiger partial charge in [-0.1, -0.05) is 48.0 Å². The first-order valence-electron chi connectivity index (χ1n) is 8.44. The third kappa shape index (κ3) is 4.25. The van der Waals surface area contributed by atoms with Crippen LogP contribution >= 0.6 is 0 Å². The monoisotopic (exact) mass is 338 g/mol. The number of rotatable bonds is 4. The SMILES string of the molecule is Cc1ccc(C(=O)NC(C(=O)N2CCOCC2)c2ccccc2)cc1. The van der Waals surface area contributed by atoms with E-state index in [1.165, 1.54) is 0 Å². The summed E-state index contributed by atoms with van der Waals surface area (Å²) in [6.45, 7) is 4.11. The van der Waals surface area contributed by atoms with Crippen LogP contribution in [0.1, 0.15) is 27.5 Å². The van der Waals surface area contributed by atoms with Crippen LogP contribution in [0, 0.1) is 6.92 Å². The summed E-state index contributed by atoms with van der Waals surface area (Å²) in [5, 5.41) is 2.90. The second kappa shape index (κ2) is 7.94. The number of aryl methyl sites for hydroxylation is 1. The van der Waals surface area contributed by atoms with Gasteiger partial charge in [-0.05, 0) is 24.6 Å². The molecule has 1 heterocycles. The number of hydrogen-bond donors (Lipinski definition) is 1. The van der Waals surface area contributed by atoms with Crippen LogP contribution in [-0.2, 0) is 9.53 Å². The Morgan fingerprint density at radius 1 is 1.00 bits per heavy atom. The lowest BCUT2D eigenvalue weighted by Gasteiger charge is -2.31. The molecule has 5 nitrogen and oxygen atoms in total. The lowest BCUT2D eigenvalue weighted by Crippen LogP contribution is -2.47. The highest BCUT2D eigenvalue weighted by atomic mass is 16.5. The van der Waals surface area contributed by atoms with Crippen LogP contribution in [-0.4, -0.2) is 43.0 Å². The van der Waals surface area contributed by atoms with Crippen molar-refractivity contribution in [2.75, 3.05) is 26.3 Å². The molecule has 3 rings (SSSR count). The molecule has 0 aromatic heterocycles. The summed E-state index contributed by atoms with van der Waals surface area (Å²) in [5.41, 5.74) is 2.40. The zero-order valence-electron chi connectivity index (χ0n) is 14.3. The molecule has 1 unspecified atom stereocenters. The van der Waals surface area contributed by atoms with Crippen molar-refractivity contribution in [3.8, 4) is 0 Å². The maximum atomic E-state index is 13.0. The summed E-state index contributed by atoms with van der Waals surface area (Å²) in [6.07, 6.45) is 0. The molecule has 1 aliphatic rings. The van der Waals surface area contributed by atoms with E-state index in [9.17, 15) is 9.59 Å². The number of nitrogens with zero attached hydrogens (tertiary/aromatic N) is 1. The molecule has 1 aliphatic heterocycles. The number of nitrogens with one attached hydrogen (secondary N) is 1. The van der Waals surface area contributed by atoms with E-state index in [0.29, 0.717) is 31.9 Å². The van der Waals surface area contributed by atoms with Gasteiger partial charge in [-0.15, -0.1) is 0 Å². The molecule has 130 valence electrons. The average molecular weight is 338 g/mol. The van der Waals surface area contributed by atoms with E-state index in [0.717, 1.165) is 11.1 Å². The van der Waals surface area contributed by atoms with E-state index >= 15 is 0 Å². The largest absolute Gasteiger partial charge is 0.378 e. The second-order valence-electron chi connectivity index (χ2n) is 6.12. The first-order chi connectivity index (χ1) is 12.1. The molecule has 0 spiro atoms. The summed E-state index contributed by atoms with van der Waals surface area (Å²) < 4.78 is 5.32. The number of hydrogen-bond acceptors (Lipinski definition) is 3. The third-order valence-corrected chi connectivity index (χ3v) is 4.29. The fourth-order valence-corrected chi connectivity index (χ4v) is 2.82. The Hall–Kier alpha value is -2.66. The summed E-state index contributed by atoms with van der Waals surface area (Å²) in [5.74, 6) is -0.356. The van der Waals surface area contributed by atoms with Crippen molar-refractivity contribution in [1.29, 1.82) is 0 Å². The molecule has 2 aromatic rings. The van der Waals surface area contributed by atoms with Gasteiger partial charge in [0.25, 0.3) is 5.91 Å². The van der Waals surface area contributed by atoms with Gasteiger partial charge in [0, 0.05) is 18.7 Å². The van der Waals surface area contributed by atoms with Crippen LogP contribution in [0.4, 0.5) is 0 Å². The predicted octanol–water partition coefficient (Wildman–Crippen LogP) is 2.32. The van der Waals surface area contributed by atoms with E-state index in [1.54, 1.807) is 17.0 Å². The minimum absolute atomic E-state index is 0.102. The normalized spacial score (nSPS) is 15.5. The first-order valence-corrected chi connectivity index (χ1v) is 8.44. The van der Waals surface area contributed by atoms with Crippen molar-refractivity contribution in [2.45, 2.75) is 13.0 Å². The Morgan fingerprint density at radius 3 is 2.28 bits per heavy atom. The van der Waals surface area contributed by atoms with Crippen LogP contribution < -0.4 is 5.32 Å². The van der Waals surface area contributed by atoms with Crippen molar-refractivity contribution in [3.63, 3.8) is 0 Å².